The van der Waals surface area contributed by atoms with E-state index in [1.54, 1.807) is 0 Å². The largest absolute Gasteiger partial charge is 0.494 e. The van der Waals surface area contributed by atoms with Gasteiger partial charge in [-0.15, -0.1) is 0 Å². The lowest BCUT2D eigenvalue weighted by atomic mass is 10.0. The molecule has 0 aliphatic heterocycles. The maximum Gasteiger partial charge on any atom is 0.165 e. The van der Waals surface area contributed by atoms with Crippen molar-refractivity contribution in [1.29, 1.82) is 5.26 Å². The van der Waals surface area contributed by atoms with E-state index in [0.717, 1.165) is 12.1 Å². The second-order valence-electron chi connectivity index (χ2n) is 3.31. The van der Waals surface area contributed by atoms with Gasteiger partial charge in [-0.25, -0.2) is 8.78 Å². The summed E-state index contributed by atoms with van der Waals surface area (Å²) in [7, 11) is 1.26. The van der Waals surface area contributed by atoms with Crippen molar-refractivity contribution in [2.45, 2.75) is 18.9 Å². The minimum atomic E-state index is -0.681. The van der Waals surface area contributed by atoms with Crippen molar-refractivity contribution >= 4 is 0 Å². The molecule has 0 fully saturated rings. The third-order valence-corrected chi connectivity index (χ3v) is 2.24. The summed E-state index contributed by atoms with van der Waals surface area (Å²) in [5.74, 6) is -1.44. The summed E-state index contributed by atoms with van der Waals surface area (Å²) in [6.45, 7) is 0. The summed E-state index contributed by atoms with van der Waals surface area (Å²) >= 11 is 0. The summed E-state index contributed by atoms with van der Waals surface area (Å²) in [5, 5.41) is 8.37. The highest BCUT2D eigenvalue weighted by molar-refractivity contribution is 5.32. The summed E-state index contributed by atoms with van der Waals surface area (Å²) in [6.07, 6.45) is 0.493. The summed E-state index contributed by atoms with van der Waals surface area (Å²) in [5.41, 5.74) is 5.71. The van der Waals surface area contributed by atoms with Crippen molar-refractivity contribution < 1.29 is 13.5 Å². The second-order valence-corrected chi connectivity index (χ2v) is 3.31. The van der Waals surface area contributed by atoms with Crippen LogP contribution in [0.2, 0.25) is 0 Å². The van der Waals surface area contributed by atoms with Gasteiger partial charge in [0.05, 0.1) is 13.2 Å². The van der Waals surface area contributed by atoms with E-state index in [1.165, 1.54) is 7.11 Å². The Morgan fingerprint density at radius 1 is 1.44 bits per heavy atom. The zero-order chi connectivity index (χ0) is 12.1. The molecule has 0 bridgehead atoms. The van der Waals surface area contributed by atoms with Gasteiger partial charge in [-0.1, -0.05) is 0 Å². The number of nitriles is 1. The van der Waals surface area contributed by atoms with Gasteiger partial charge in [-0.3, -0.25) is 0 Å². The number of benzene rings is 1. The number of halogens is 2. The average molecular weight is 226 g/mol. The van der Waals surface area contributed by atoms with Crippen LogP contribution < -0.4 is 10.5 Å². The number of methoxy groups -OCH3 is 1. The molecule has 1 atom stereocenters. The molecule has 0 saturated heterocycles. The second kappa shape index (κ2) is 5.42. The number of nitrogens with two attached hydrogens (primary N) is 1. The fourth-order valence-corrected chi connectivity index (χ4v) is 1.36. The molecule has 0 saturated carbocycles. The number of hydrogen-bond donors (Lipinski definition) is 1. The summed E-state index contributed by atoms with van der Waals surface area (Å²) < 4.78 is 31.4. The van der Waals surface area contributed by atoms with Crippen LogP contribution in [0.5, 0.6) is 5.75 Å². The smallest absolute Gasteiger partial charge is 0.165 e. The van der Waals surface area contributed by atoms with Crippen molar-refractivity contribution in [1.82, 2.24) is 0 Å². The molecule has 2 N–H and O–H groups in total. The predicted molar refractivity (Wildman–Crippen MR) is 54.7 cm³/mol. The van der Waals surface area contributed by atoms with Gasteiger partial charge in [0.2, 0.25) is 0 Å². The first-order valence-electron chi connectivity index (χ1n) is 4.75. The van der Waals surface area contributed by atoms with Crippen LogP contribution in [0.1, 0.15) is 24.4 Å². The predicted octanol–water partition coefficient (Wildman–Crippen LogP) is 2.28. The highest BCUT2D eigenvalue weighted by Crippen LogP contribution is 2.26. The maximum absolute atomic E-state index is 13.5. The summed E-state index contributed by atoms with van der Waals surface area (Å²) in [4.78, 5) is 0. The molecule has 1 rings (SSSR count). The van der Waals surface area contributed by atoms with Gasteiger partial charge in [0.25, 0.3) is 0 Å². The van der Waals surface area contributed by atoms with E-state index in [9.17, 15) is 8.78 Å². The van der Waals surface area contributed by atoms with Crippen LogP contribution in [0.25, 0.3) is 0 Å². The van der Waals surface area contributed by atoms with E-state index in [1.807, 2.05) is 6.07 Å². The van der Waals surface area contributed by atoms with E-state index < -0.39 is 17.7 Å². The lowest BCUT2D eigenvalue weighted by molar-refractivity contribution is 0.381. The van der Waals surface area contributed by atoms with Gasteiger partial charge in [-0.2, -0.15) is 5.26 Å². The van der Waals surface area contributed by atoms with Crippen LogP contribution in [0.3, 0.4) is 0 Å². The van der Waals surface area contributed by atoms with E-state index >= 15 is 0 Å². The molecule has 16 heavy (non-hydrogen) atoms. The molecule has 86 valence electrons. The maximum atomic E-state index is 13.5. The molecule has 0 amide bonds. The molecule has 1 aromatic rings. The Morgan fingerprint density at radius 3 is 2.69 bits per heavy atom. The Morgan fingerprint density at radius 2 is 2.12 bits per heavy atom. The number of rotatable bonds is 4. The van der Waals surface area contributed by atoms with Crippen LogP contribution in [0, 0.1) is 23.0 Å². The molecule has 0 aliphatic rings. The number of nitrogens with zero attached hydrogens (tertiary/aromatic N) is 1. The van der Waals surface area contributed by atoms with E-state index in [0.29, 0.717) is 6.42 Å². The highest BCUT2D eigenvalue weighted by Gasteiger charge is 2.15. The van der Waals surface area contributed by atoms with Crippen LogP contribution in [0.4, 0.5) is 8.78 Å². The van der Waals surface area contributed by atoms with Gasteiger partial charge in [0.1, 0.15) is 5.82 Å². The molecule has 1 unspecified atom stereocenters. The normalized spacial score (nSPS) is 11.9. The molecule has 5 heteroatoms. The van der Waals surface area contributed by atoms with Gasteiger partial charge >= 0.3 is 0 Å². The Balaban J connectivity index is 2.97. The monoisotopic (exact) mass is 226 g/mol. The molecule has 3 nitrogen and oxygen atoms in total. The van der Waals surface area contributed by atoms with Gasteiger partial charge < -0.3 is 10.5 Å². The van der Waals surface area contributed by atoms with E-state index in [-0.39, 0.29) is 17.7 Å². The van der Waals surface area contributed by atoms with Crippen molar-refractivity contribution in [3.8, 4) is 11.8 Å². The minimum absolute atomic E-state index is 0.0635. The SMILES string of the molecule is COc1cc(F)c(C(N)CCC#N)cc1F. The molecular weight excluding hydrogens is 214 g/mol. The van der Waals surface area contributed by atoms with E-state index in [4.69, 9.17) is 11.0 Å². The van der Waals surface area contributed by atoms with Gasteiger partial charge in [0.15, 0.2) is 11.6 Å². The van der Waals surface area contributed by atoms with Gasteiger partial charge in [-0.05, 0) is 12.5 Å². The number of ether oxygens (including phenoxy) is 1. The Kier molecular flexibility index (Phi) is 4.20. The quantitative estimate of drug-likeness (QED) is 0.856. The van der Waals surface area contributed by atoms with Crippen LogP contribution in [0.15, 0.2) is 12.1 Å². The fraction of sp³-hybridized carbons (Fsp3) is 0.364. The first kappa shape index (κ1) is 12.4. The molecular formula is C11H12F2N2O. The molecule has 1 aromatic carbocycles. The Bertz CT molecular complexity index is 415. The molecule has 0 radical (unpaired) electrons. The molecule has 0 spiro atoms. The van der Waals surface area contributed by atoms with Crippen molar-refractivity contribution in [2.75, 3.05) is 7.11 Å². The standard InChI is InChI=1S/C11H12F2N2O/c1-16-11-6-8(12)7(5-9(11)13)10(15)3-2-4-14/h5-6,10H,2-3,15H2,1H3. The topological polar surface area (TPSA) is 59.0 Å². The highest BCUT2D eigenvalue weighted by atomic mass is 19.1. The Hall–Kier alpha value is -1.67. The first-order chi connectivity index (χ1) is 7.60. The van der Waals surface area contributed by atoms with E-state index in [2.05, 4.69) is 4.74 Å². The van der Waals surface area contributed by atoms with Crippen LogP contribution in [-0.2, 0) is 0 Å². The van der Waals surface area contributed by atoms with Crippen LogP contribution in [-0.4, -0.2) is 7.11 Å². The van der Waals surface area contributed by atoms with Crippen molar-refractivity contribution in [3.05, 3.63) is 29.3 Å². The van der Waals surface area contributed by atoms with Crippen molar-refractivity contribution in [3.63, 3.8) is 0 Å². The fourth-order valence-electron chi connectivity index (χ4n) is 1.36. The lowest BCUT2D eigenvalue weighted by Gasteiger charge is -2.12. The zero-order valence-electron chi connectivity index (χ0n) is 8.84. The lowest BCUT2D eigenvalue weighted by Crippen LogP contribution is -2.12. The zero-order valence-corrected chi connectivity index (χ0v) is 8.84. The first-order valence-corrected chi connectivity index (χ1v) is 4.75. The summed E-state index contributed by atoms with van der Waals surface area (Å²) in [6, 6.07) is 3.19. The average Bonchev–Trinajstić information content (AvgIpc) is 2.28. The minimum Gasteiger partial charge on any atom is -0.494 e. The molecule has 0 aliphatic carbocycles. The third kappa shape index (κ3) is 2.67. The number of hydrogen-bond acceptors (Lipinski definition) is 3. The third-order valence-electron chi connectivity index (χ3n) is 2.24. The molecule has 0 aromatic heterocycles. The Labute approximate surface area is 92.4 Å². The van der Waals surface area contributed by atoms with Crippen LogP contribution >= 0.6 is 0 Å². The van der Waals surface area contributed by atoms with Crippen molar-refractivity contribution in [2.24, 2.45) is 5.73 Å². The van der Waals surface area contributed by atoms with Gasteiger partial charge in [0, 0.05) is 24.1 Å². The molecule has 0 heterocycles.